The summed E-state index contributed by atoms with van der Waals surface area (Å²) in [5.74, 6) is 5.12. The minimum absolute atomic E-state index is 0.428. The number of ether oxygens (including phenoxy) is 1. The Morgan fingerprint density at radius 3 is 2.62 bits per heavy atom. The third-order valence-corrected chi connectivity index (χ3v) is 3.66. The van der Waals surface area contributed by atoms with Gasteiger partial charge in [0.2, 0.25) is 0 Å². The highest BCUT2D eigenvalue weighted by Crippen LogP contribution is 2.35. The maximum Gasteiger partial charge on any atom is 0.127 e. The number of nitrogens with two attached hydrogens (primary N) is 1. The smallest absolute Gasteiger partial charge is 0.127 e. The topological polar surface area (TPSA) is 47.3 Å². The number of hydrogen-bond acceptors (Lipinski definition) is 3. The molecule has 0 radical (unpaired) electrons. The van der Waals surface area contributed by atoms with Gasteiger partial charge in [-0.3, -0.25) is 5.84 Å². The SMILES string of the molecule is NNC(c1cc(F)cc(F)c1)c1cccc2c1OCCC2. The lowest BCUT2D eigenvalue weighted by atomic mass is 9.94. The van der Waals surface area contributed by atoms with Gasteiger partial charge in [-0.05, 0) is 36.1 Å². The van der Waals surface area contributed by atoms with Gasteiger partial charge in [-0.1, -0.05) is 18.2 Å². The van der Waals surface area contributed by atoms with Gasteiger partial charge in [-0.2, -0.15) is 0 Å². The Morgan fingerprint density at radius 1 is 1.14 bits per heavy atom. The van der Waals surface area contributed by atoms with Crippen molar-refractivity contribution in [1.29, 1.82) is 0 Å². The van der Waals surface area contributed by atoms with Gasteiger partial charge in [0.25, 0.3) is 0 Å². The maximum atomic E-state index is 13.4. The molecule has 21 heavy (non-hydrogen) atoms. The fourth-order valence-electron chi connectivity index (χ4n) is 2.75. The van der Waals surface area contributed by atoms with Gasteiger partial charge in [0.05, 0.1) is 12.6 Å². The molecular weight excluding hydrogens is 274 g/mol. The van der Waals surface area contributed by atoms with Crippen LogP contribution in [-0.2, 0) is 6.42 Å². The molecule has 2 aromatic carbocycles. The zero-order valence-electron chi connectivity index (χ0n) is 11.4. The molecule has 1 atom stereocenters. The van der Waals surface area contributed by atoms with Crippen molar-refractivity contribution in [2.24, 2.45) is 5.84 Å². The highest BCUT2D eigenvalue weighted by Gasteiger charge is 2.22. The molecule has 0 spiro atoms. The van der Waals surface area contributed by atoms with Crippen LogP contribution in [0.5, 0.6) is 5.75 Å². The van der Waals surface area contributed by atoms with Crippen molar-refractivity contribution in [3.05, 3.63) is 64.7 Å². The Balaban J connectivity index is 2.08. The van der Waals surface area contributed by atoms with E-state index in [4.69, 9.17) is 10.6 Å². The van der Waals surface area contributed by atoms with Crippen molar-refractivity contribution in [3.63, 3.8) is 0 Å². The molecule has 0 aliphatic carbocycles. The molecule has 3 nitrogen and oxygen atoms in total. The van der Waals surface area contributed by atoms with Crippen molar-refractivity contribution in [2.45, 2.75) is 18.9 Å². The zero-order chi connectivity index (χ0) is 14.8. The molecule has 0 bridgehead atoms. The van der Waals surface area contributed by atoms with E-state index < -0.39 is 17.7 Å². The Kier molecular flexibility index (Phi) is 3.86. The van der Waals surface area contributed by atoms with Crippen LogP contribution in [0.4, 0.5) is 8.78 Å². The monoisotopic (exact) mass is 290 g/mol. The summed E-state index contributed by atoms with van der Waals surface area (Å²) in [5.41, 5.74) is 4.94. The Morgan fingerprint density at radius 2 is 1.90 bits per heavy atom. The van der Waals surface area contributed by atoms with Crippen LogP contribution in [0.25, 0.3) is 0 Å². The molecule has 110 valence electrons. The van der Waals surface area contributed by atoms with E-state index in [2.05, 4.69) is 5.43 Å². The quantitative estimate of drug-likeness (QED) is 0.675. The predicted molar refractivity (Wildman–Crippen MR) is 75.8 cm³/mol. The van der Waals surface area contributed by atoms with Gasteiger partial charge < -0.3 is 4.74 Å². The highest BCUT2D eigenvalue weighted by atomic mass is 19.1. The Labute approximate surface area is 121 Å². The number of hydrazine groups is 1. The Hall–Kier alpha value is -1.98. The third-order valence-electron chi connectivity index (χ3n) is 3.66. The molecule has 1 unspecified atom stereocenters. The first-order valence-corrected chi connectivity index (χ1v) is 6.86. The first-order chi connectivity index (χ1) is 10.2. The second-order valence-corrected chi connectivity index (χ2v) is 5.09. The highest BCUT2D eigenvalue weighted by molar-refractivity contribution is 5.47. The van der Waals surface area contributed by atoms with E-state index in [1.54, 1.807) is 0 Å². The van der Waals surface area contributed by atoms with Crippen molar-refractivity contribution in [3.8, 4) is 5.75 Å². The molecule has 5 heteroatoms. The van der Waals surface area contributed by atoms with E-state index in [-0.39, 0.29) is 0 Å². The van der Waals surface area contributed by atoms with Crippen molar-refractivity contribution in [2.75, 3.05) is 6.61 Å². The number of halogens is 2. The Bertz CT molecular complexity index is 640. The summed E-state index contributed by atoms with van der Waals surface area (Å²) in [6.07, 6.45) is 1.89. The number of rotatable bonds is 3. The number of aryl methyl sites for hydroxylation is 1. The summed E-state index contributed by atoms with van der Waals surface area (Å²) in [7, 11) is 0. The first kappa shape index (κ1) is 14.0. The minimum atomic E-state index is -0.629. The van der Waals surface area contributed by atoms with Crippen LogP contribution < -0.4 is 16.0 Å². The number of hydrogen-bond donors (Lipinski definition) is 2. The number of para-hydroxylation sites is 1. The van der Waals surface area contributed by atoms with Crippen LogP contribution >= 0.6 is 0 Å². The lowest BCUT2D eigenvalue weighted by Crippen LogP contribution is -2.30. The van der Waals surface area contributed by atoms with Gasteiger partial charge >= 0.3 is 0 Å². The molecule has 1 aliphatic heterocycles. The second kappa shape index (κ2) is 5.79. The largest absolute Gasteiger partial charge is 0.493 e. The van der Waals surface area contributed by atoms with Crippen LogP contribution in [0.1, 0.15) is 29.2 Å². The molecule has 2 aromatic rings. The van der Waals surface area contributed by atoms with E-state index >= 15 is 0 Å². The summed E-state index contributed by atoms with van der Waals surface area (Å²) in [6.45, 7) is 0.638. The molecule has 0 amide bonds. The average molecular weight is 290 g/mol. The van der Waals surface area contributed by atoms with Gasteiger partial charge in [0, 0.05) is 11.6 Å². The standard InChI is InChI=1S/C16H16F2N2O/c17-12-7-11(8-13(18)9-12)15(20-19)14-5-1-3-10-4-2-6-21-16(10)14/h1,3,5,7-9,15,20H,2,4,6,19H2. The summed E-state index contributed by atoms with van der Waals surface area (Å²) in [4.78, 5) is 0. The van der Waals surface area contributed by atoms with Crippen molar-refractivity contribution >= 4 is 0 Å². The predicted octanol–water partition coefficient (Wildman–Crippen LogP) is 2.84. The molecule has 3 rings (SSSR count). The molecular formula is C16H16F2N2O. The molecule has 3 N–H and O–H groups in total. The van der Waals surface area contributed by atoms with Gasteiger partial charge in [0.1, 0.15) is 17.4 Å². The van der Waals surface area contributed by atoms with Crippen LogP contribution in [0.15, 0.2) is 36.4 Å². The van der Waals surface area contributed by atoms with Gasteiger partial charge in [-0.25, -0.2) is 14.2 Å². The second-order valence-electron chi connectivity index (χ2n) is 5.09. The van der Waals surface area contributed by atoms with Crippen LogP contribution in [0.2, 0.25) is 0 Å². The zero-order valence-corrected chi connectivity index (χ0v) is 11.4. The summed E-state index contributed by atoms with van der Waals surface area (Å²) >= 11 is 0. The van der Waals surface area contributed by atoms with E-state index in [0.29, 0.717) is 12.2 Å². The molecule has 1 aliphatic rings. The van der Waals surface area contributed by atoms with E-state index in [1.807, 2.05) is 18.2 Å². The van der Waals surface area contributed by atoms with E-state index in [1.165, 1.54) is 12.1 Å². The first-order valence-electron chi connectivity index (χ1n) is 6.86. The normalized spacial score (nSPS) is 15.2. The number of fused-ring (bicyclic) bond motifs is 1. The fraction of sp³-hybridized carbons (Fsp3) is 0.250. The van der Waals surface area contributed by atoms with Crippen LogP contribution in [0.3, 0.4) is 0 Å². The number of benzene rings is 2. The summed E-state index contributed by atoms with van der Waals surface area (Å²) in [6, 6.07) is 8.63. The maximum absolute atomic E-state index is 13.4. The lowest BCUT2D eigenvalue weighted by molar-refractivity contribution is 0.283. The molecule has 0 aromatic heterocycles. The minimum Gasteiger partial charge on any atom is -0.493 e. The van der Waals surface area contributed by atoms with E-state index in [9.17, 15) is 8.78 Å². The molecule has 0 fully saturated rings. The van der Waals surface area contributed by atoms with Crippen LogP contribution in [0, 0.1) is 11.6 Å². The average Bonchev–Trinajstić information content (AvgIpc) is 2.47. The third kappa shape index (κ3) is 2.75. The van der Waals surface area contributed by atoms with Crippen LogP contribution in [-0.4, -0.2) is 6.61 Å². The molecule has 1 heterocycles. The van der Waals surface area contributed by atoms with Crippen molar-refractivity contribution in [1.82, 2.24) is 5.43 Å². The fourth-order valence-corrected chi connectivity index (χ4v) is 2.75. The summed E-state index contributed by atoms with van der Waals surface area (Å²) < 4.78 is 32.6. The molecule has 0 saturated heterocycles. The van der Waals surface area contributed by atoms with Crippen molar-refractivity contribution < 1.29 is 13.5 Å². The van der Waals surface area contributed by atoms with Gasteiger partial charge in [-0.15, -0.1) is 0 Å². The molecule has 0 saturated carbocycles. The lowest BCUT2D eigenvalue weighted by Gasteiger charge is -2.25. The van der Waals surface area contributed by atoms with E-state index in [0.717, 1.165) is 35.8 Å². The number of nitrogens with one attached hydrogen (secondary N) is 1. The summed E-state index contributed by atoms with van der Waals surface area (Å²) in [5, 5.41) is 0. The van der Waals surface area contributed by atoms with Gasteiger partial charge in [0.15, 0.2) is 0 Å².